The lowest BCUT2D eigenvalue weighted by Gasteiger charge is -2.07. The van der Waals surface area contributed by atoms with E-state index in [0.29, 0.717) is 18.6 Å². The van der Waals surface area contributed by atoms with Gasteiger partial charge in [0.1, 0.15) is 5.78 Å². The van der Waals surface area contributed by atoms with Crippen molar-refractivity contribution in [1.29, 1.82) is 0 Å². The van der Waals surface area contributed by atoms with Crippen LogP contribution in [0.1, 0.15) is 50.7 Å². The number of hydrogen-bond acceptors (Lipinski definition) is 2. The summed E-state index contributed by atoms with van der Waals surface area (Å²) in [5.41, 5.74) is 3.25. The van der Waals surface area contributed by atoms with Gasteiger partial charge in [-0.05, 0) is 49.4 Å². The molecule has 1 rings (SSSR count). The van der Waals surface area contributed by atoms with Crippen LogP contribution in [0.25, 0.3) is 0 Å². The quantitative estimate of drug-likeness (QED) is 0.549. The Hall–Kier alpha value is -1.64. The molecule has 3 nitrogen and oxygen atoms in total. The van der Waals surface area contributed by atoms with E-state index in [0.717, 1.165) is 36.9 Å². The molecular weight excluding hydrogens is 250 g/mol. The van der Waals surface area contributed by atoms with Crippen LogP contribution in [0.4, 0.5) is 5.69 Å². The lowest BCUT2D eigenvalue weighted by molar-refractivity contribution is -0.122. The summed E-state index contributed by atoms with van der Waals surface area (Å²) in [6.45, 7) is 5.94. The third-order valence-corrected chi connectivity index (χ3v) is 3.40. The summed E-state index contributed by atoms with van der Waals surface area (Å²) in [4.78, 5) is 22.0. The number of carbonyl (C=O) groups is 2. The van der Waals surface area contributed by atoms with Crippen molar-refractivity contribution >= 4 is 17.9 Å². The number of rotatable bonds is 9. The molecular formula is C17H25NO2. The molecule has 20 heavy (non-hydrogen) atoms. The maximum Gasteiger partial charge on any atom is 0.211 e. The Balaban J connectivity index is 2.35. The zero-order chi connectivity index (χ0) is 15.0. The first kappa shape index (κ1) is 16.4. The molecule has 0 radical (unpaired) electrons. The maximum atomic E-state index is 11.5. The van der Waals surface area contributed by atoms with Crippen molar-refractivity contribution in [2.45, 2.75) is 52.9 Å². The Morgan fingerprint density at radius 2 is 1.95 bits per heavy atom. The fourth-order valence-electron chi connectivity index (χ4n) is 2.25. The van der Waals surface area contributed by atoms with E-state index >= 15 is 0 Å². The molecule has 0 fully saturated rings. The highest BCUT2D eigenvalue weighted by Gasteiger charge is 2.06. The highest BCUT2D eigenvalue weighted by Crippen LogP contribution is 2.17. The number of ketones is 1. The molecule has 0 aliphatic carbocycles. The van der Waals surface area contributed by atoms with E-state index in [9.17, 15) is 9.59 Å². The predicted octanol–water partition coefficient (Wildman–Crippen LogP) is 3.89. The van der Waals surface area contributed by atoms with E-state index in [1.165, 1.54) is 5.56 Å². The van der Waals surface area contributed by atoms with Gasteiger partial charge >= 0.3 is 0 Å². The number of benzene rings is 1. The van der Waals surface area contributed by atoms with Crippen molar-refractivity contribution in [3.05, 3.63) is 29.3 Å². The first-order chi connectivity index (χ1) is 9.52. The van der Waals surface area contributed by atoms with Gasteiger partial charge in [0, 0.05) is 18.0 Å². The van der Waals surface area contributed by atoms with Crippen LogP contribution in [0.15, 0.2) is 18.2 Å². The number of nitrogens with one attached hydrogen (secondary N) is 1. The number of Topliss-reactive ketones (excluding diaryl/α,β-unsaturated/α-hetero) is 1. The average molecular weight is 275 g/mol. The summed E-state index contributed by atoms with van der Waals surface area (Å²) in [7, 11) is 0. The van der Waals surface area contributed by atoms with Crippen LogP contribution in [0, 0.1) is 12.8 Å². The standard InChI is InChI=1S/C17H25NO2/c1-13(2)17(20)8-6-4-5-7-15-9-14(3)10-16(11-15)18-12-19/h9-13H,4-8H2,1-3H3,(H,18,19). The summed E-state index contributed by atoms with van der Waals surface area (Å²) in [6, 6.07) is 6.12. The summed E-state index contributed by atoms with van der Waals surface area (Å²) >= 11 is 0. The zero-order valence-electron chi connectivity index (χ0n) is 12.7. The third kappa shape index (κ3) is 6.00. The molecule has 0 spiro atoms. The number of hydrogen-bond donors (Lipinski definition) is 1. The molecule has 1 amide bonds. The SMILES string of the molecule is Cc1cc(CCCCCC(=O)C(C)C)cc(NC=O)c1. The van der Waals surface area contributed by atoms with E-state index in [1.807, 2.05) is 32.9 Å². The minimum atomic E-state index is 0.156. The fraction of sp³-hybridized carbons (Fsp3) is 0.529. The largest absolute Gasteiger partial charge is 0.329 e. The van der Waals surface area contributed by atoms with E-state index in [2.05, 4.69) is 11.4 Å². The van der Waals surface area contributed by atoms with Gasteiger partial charge in [-0.3, -0.25) is 9.59 Å². The smallest absolute Gasteiger partial charge is 0.211 e. The number of anilines is 1. The summed E-state index contributed by atoms with van der Waals surface area (Å²) in [5, 5.41) is 2.69. The number of unbranched alkanes of at least 4 members (excludes halogenated alkanes) is 2. The Kier molecular flexibility index (Phi) is 6.99. The fourth-order valence-corrected chi connectivity index (χ4v) is 2.25. The molecule has 1 N–H and O–H groups in total. The van der Waals surface area contributed by atoms with Crippen molar-refractivity contribution in [2.75, 3.05) is 5.32 Å². The molecule has 0 bridgehead atoms. The molecule has 1 aromatic rings. The number of carbonyl (C=O) groups excluding carboxylic acids is 2. The summed E-state index contributed by atoms with van der Waals surface area (Å²) in [5.74, 6) is 0.516. The van der Waals surface area contributed by atoms with Gasteiger partial charge in [-0.15, -0.1) is 0 Å². The molecule has 1 aromatic carbocycles. The maximum absolute atomic E-state index is 11.5. The minimum absolute atomic E-state index is 0.156. The zero-order valence-corrected chi connectivity index (χ0v) is 12.7. The van der Waals surface area contributed by atoms with Gasteiger partial charge in [-0.1, -0.05) is 26.3 Å². The van der Waals surface area contributed by atoms with Crippen LogP contribution >= 0.6 is 0 Å². The van der Waals surface area contributed by atoms with Crippen molar-refractivity contribution in [3.8, 4) is 0 Å². The van der Waals surface area contributed by atoms with Gasteiger partial charge in [0.15, 0.2) is 0 Å². The predicted molar refractivity (Wildman–Crippen MR) is 82.9 cm³/mol. The second kappa shape index (κ2) is 8.51. The molecule has 110 valence electrons. The molecule has 3 heteroatoms. The van der Waals surface area contributed by atoms with Crippen molar-refractivity contribution < 1.29 is 9.59 Å². The topological polar surface area (TPSA) is 46.2 Å². The minimum Gasteiger partial charge on any atom is -0.329 e. The van der Waals surface area contributed by atoms with E-state index in [-0.39, 0.29) is 5.92 Å². The van der Waals surface area contributed by atoms with Crippen LogP contribution in [0.3, 0.4) is 0 Å². The molecule has 0 atom stereocenters. The number of aryl methyl sites for hydroxylation is 2. The average Bonchev–Trinajstić information content (AvgIpc) is 2.37. The lowest BCUT2D eigenvalue weighted by Crippen LogP contribution is -2.06. The summed E-state index contributed by atoms with van der Waals surface area (Å²) in [6.07, 6.45) is 5.52. The highest BCUT2D eigenvalue weighted by molar-refractivity contribution is 5.80. The Morgan fingerprint density at radius 3 is 2.60 bits per heavy atom. The Labute approximate surface area is 121 Å². The van der Waals surface area contributed by atoms with Crippen molar-refractivity contribution in [1.82, 2.24) is 0 Å². The number of amides is 1. The van der Waals surface area contributed by atoms with Crippen molar-refractivity contribution in [3.63, 3.8) is 0 Å². The van der Waals surface area contributed by atoms with Gasteiger partial charge in [0.05, 0.1) is 0 Å². The third-order valence-electron chi connectivity index (χ3n) is 3.40. The second-order valence-electron chi connectivity index (χ2n) is 5.65. The first-order valence-electron chi connectivity index (χ1n) is 7.36. The normalized spacial score (nSPS) is 10.6. The van der Waals surface area contributed by atoms with Crippen LogP contribution in [-0.2, 0) is 16.0 Å². The van der Waals surface area contributed by atoms with Crippen molar-refractivity contribution in [2.24, 2.45) is 5.92 Å². The van der Waals surface area contributed by atoms with Crippen LogP contribution in [0.2, 0.25) is 0 Å². The molecule has 0 heterocycles. The first-order valence-corrected chi connectivity index (χ1v) is 7.36. The second-order valence-corrected chi connectivity index (χ2v) is 5.65. The van der Waals surface area contributed by atoms with Gasteiger partial charge < -0.3 is 5.32 Å². The summed E-state index contributed by atoms with van der Waals surface area (Å²) < 4.78 is 0. The molecule has 0 aliphatic rings. The van der Waals surface area contributed by atoms with Crippen LogP contribution in [0.5, 0.6) is 0 Å². The highest BCUT2D eigenvalue weighted by atomic mass is 16.1. The molecule has 0 saturated heterocycles. The monoisotopic (exact) mass is 275 g/mol. The van der Waals surface area contributed by atoms with Crippen LogP contribution in [-0.4, -0.2) is 12.2 Å². The van der Waals surface area contributed by atoms with Gasteiger partial charge in [0.2, 0.25) is 6.41 Å². The molecule has 0 saturated carbocycles. The molecule has 0 aromatic heterocycles. The Morgan fingerprint density at radius 1 is 1.20 bits per heavy atom. The van der Waals surface area contributed by atoms with Gasteiger partial charge in [0.25, 0.3) is 0 Å². The van der Waals surface area contributed by atoms with E-state index in [4.69, 9.17) is 0 Å². The Bertz CT molecular complexity index is 452. The van der Waals surface area contributed by atoms with Crippen LogP contribution < -0.4 is 5.32 Å². The molecule has 0 aliphatic heterocycles. The van der Waals surface area contributed by atoms with Gasteiger partial charge in [-0.2, -0.15) is 0 Å². The van der Waals surface area contributed by atoms with Gasteiger partial charge in [-0.25, -0.2) is 0 Å². The molecule has 0 unspecified atom stereocenters. The lowest BCUT2D eigenvalue weighted by atomic mass is 10.00. The van der Waals surface area contributed by atoms with E-state index < -0.39 is 0 Å². The van der Waals surface area contributed by atoms with E-state index in [1.54, 1.807) is 0 Å².